The van der Waals surface area contributed by atoms with Crippen molar-refractivity contribution in [1.29, 1.82) is 0 Å². The summed E-state index contributed by atoms with van der Waals surface area (Å²) in [5.74, 6) is -1.31. The van der Waals surface area contributed by atoms with Crippen LogP contribution < -0.4 is 9.46 Å². The van der Waals surface area contributed by atoms with Crippen LogP contribution in [0.2, 0.25) is 10.0 Å². The van der Waals surface area contributed by atoms with Gasteiger partial charge in [-0.3, -0.25) is 13.9 Å². The third kappa shape index (κ3) is 6.48. The van der Waals surface area contributed by atoms with Gasteiger partial charge in [0.05, 0.1) is 15.7 Å². The maximum Gasteiger partial charge on any atom is 0.573 e. The van der Waals surface area contributed by atoms with Crippen molar-refractivity contribution in [3.05, 3.63) is 57.6 Å². The van der Waals surface area contributed by atoms with Crippen molar-refractivity contribution in [1.82, 2.24) is 9.80 Å². The fourth-order valence-electron chi connectivity index (χ4n) is 3.24. The van der Waals surface area contributed by atoms with E-state index in [1.807, 2.05) is 10.8 Å². The zero-order chi connectivity index (χ0) is 23.5. The number of nitrogens with zero attached hydrogens (tertiary/aromatic N) is 2. The highest BCUT2D eigenvalue weighted by molar-refractivity contribution is 7.80. The molecule has 1 saturated heterocycles. The highest BCUT2D eigenvalue weighted by atomic mass is 35.5. The van der Waals surface area contributed by atoms with Crippen molar-refractivity contribution in [3.63, 3.8) is 0 Å². The van der Waals surface area contributed by atoms with Crippen LogP contribution in [0.5, 0.6) is 5.75 Å². The van der Waals surface area contributed by atoms with Gasteiger partial charge in [0.2, 0.25) is 0 Å². The zero-order valence-electron chi connectivity index (χ0n) is 16.3. The number of carbonyl (C=O) groups excluding carboxylic acids is 1. The Kier molecular flexibility index (Phi) is 7.88. The summed E-state index contributed by atoms with van der Waals surface area (Å²) >= 11 is 9.38. The molecule has 1 unspecified atom stereocenters. The van der Waals surface area contributed by atoms with E-state index in [2.05, 4.69) is 9.64 Å². The molecule has 0 radical (unpaired) electrons. The minimum absolute atomic E-state index is 0.0576. The minimum Gasteiger partial charge on any atom is -0.755 e. The van der Waals surface area contributed by atoms with Crippen LogP contribution in [0, 0.1) is 0 Å². The molecule has 174 valence electrons. The normalized spacial score (nSPS) is 16.0. The number of nitrogens with one attached hydrogen (secondary N) is 1. The van der Waals surface area contributed by atoms with Crippen LogP contribution in [-0.4, -0.2) is 57.0 Å². The number of halogens is 5. The molecule has 0 bridgehead atoms. The second-order valence-electron chi connectivity index (χ2n) is 6.88. The van der Waals surface area contributed by atoms with E-state index in [-0.39, 0.29) is 5.56 Å². The van der Waals surface area contributed by atoms with E-state index < -0.39 is 35.0 Å². The number of hydrogen-bond donors (Lipinski definition) is 1. The van der Waals surface area contributed by atoms with Gasteiger partial charge in [0.1, 0.15) is 0 Å². The number of rotatable bonds is 6. The molecule has 0 aliphatic carbocycles. The Morgan fingerprint density at radius 1 is 1.16 bits per heavy atom. The van der Waals surface area contributed by atoms with Gasteiger partial charge < -0.3 is 18.9 Å². The Bertz CT molecular complexity index is 1020. The van der Waals surface area contributed by atoms with Gasteiger partial charge in [0.15, 0.2) is 5.75 Å². The van der Waals surface area contributed by atoms with Crippen LogP contribution in [0.1, 0.15) is 15.9 Å². The number of carbonyl (C=O) groups is 1. The van der Waals surface area contributed by atoms with Gasteiger partial charge in [-0.15, -0.1) is 13.2 Å². The molecular weight excluding hydrogens is 494 g/mol. The lowest BCUT2D eigenvalue weighted by atomic mass is 10.1. The van der Waals surface area contributed by atoms with Crippen molar-refractivity contribution in [2.75, 3.05) is 30.9 Å². The average Bonchev–Trinajstić information content (AvgIpc) is 2.71. The molecule has 2 aromatic rings. The number of hydrogen-bond acceptors (Lipinski definition) is 5. The SMILES string of the molecule is O=C(c1ccc(NS(=O)[O-])c(OC(F)(F)F)c1)N1CCN(Cc2cccc(Cl)c2Cl)CC1. The topological polar surface area (TPSA) is 84.9 Å². The van der Waals surface area contributed by atoms with Gasteiger partial charge in [-0.25, -0.2) is 0 Å². The lowest BCUT2D eigenvalue weighted by Crippen LogP contribution is -2.48. The molecule has 0 aromatic heterocycles. The average molecular weight is 511 g/mol. The fraction of sp³-hybridized carbons (Fsp3) is 0.316. The molecule has 1 aliphatic rings. The smallest absolute Gasteiger partial charge is 0.573 e. The summed E-state index contributed by atoms with van der Waals surface area (Å²) in [6, 6.07) is 8.49. The Morgan fingerprint density at radius 2 is 1.84 bits per heavy atom. The first-order valence-corrected chi connectivity index (χ1v) is 11.1. The molecule has 1 N–H and O–H groups in total. The van der Waals surface area contributed by atoms with Crippen molar-refractivity contribution in [2.24, 2.45) is 0 Å². The number of ether oxygens (including phenoxy) is 1. The van der Waals surface area contributed by atoms with Crippen molar-refractivity contribution >= 4 is 46.1 Å². The van der Waals surface area contributed by atoms with Gasteiger partial charge in [-0.1, -0.05) is 35.3 Å². The van der Waals surface area contributed by atoms with Crippen LogP contribution in [0.25, 0.3) is 0 Å². The molecule has 0 spiro atoms. The van der Waals surface area contributed by atoms with Crippen LogP contribution in [0.15, 0.2) is 36.4 Å². The molecular formula is C19H17Cl2F3N3O4S-. The monoisotopic (exact) mass is 510 g/mol. The molecule has 1 heterocycles. The van der Waals surface area contributed by atoms with E-state index in [0.29, 0.717) is 42.8 Å². The molecule has 0 saturated carbocycles. The quantitative estimate of drug-likeness (QED) is 0.592. The summed E-state index contributed by atoms with van der Waals surface area (Å²) in [7, 11) is 0. The predicted octanol–water partition coefficient (Wildman–Crippen LogP) is 4.06. The third-order valence-corrected chi connectivity index (χ3v) is 5.98. The first-order chi connectivity index (χ1) is 15.0. The second-order valence-corrected chi connectivity index (χ2v) is 8.34. The molecule has 3 rings (SSSR count). The predicted molar refractivity (Wildman–Crippen MR) is 113 cm³/mol. The lowest BCUT2D eigenvalue weighted by Gasteiger charge is -2.35. The molecule has 2 aromatic carbocycles. The molecule has 1 amide bonds. The van der Waals surface area contributed by atoms with Gasteiger partial charge in [-0.2, -0.15) is 0 Å². The Hall–Kier alpha value is -2.05. The van der Waals surface area contributed by atoms with Crippen molar-refractivity contribution < 1.29 is 31.5 Å². The van der Waals surface area contributed by atoms with Gasteiger partial charge in [-0.05, 0) is 29.8 Å². The summed E-state index contributed by atoms with van der Waals surface area (Å²) in [4.78, 5) is 16.4. The molecule has 1 aliphatic heterocycles. The molecule has 1 atom stereocenters. The molecule has 7 nitrogen and oxygen atoms in total. The van der Waals surface area contributed by atoms with Gasteiger partial charge in [0, 0.05) is 49.6 Å². The van der Waals surface area contributed by atoms with E-state index in [0.717, 1.165) is 17.7 Å². The van der Waals surface area contributed by atoms with Crippen LogP contribution in [0.3, 0.4) is 0 Å². The van der Waals surface area contributed by atoms with Crippen LogP contribution >= 0.6 is 23.2 Å². The summed E-state index contributed by atoms with van der Waals surface area (Å²) in [5.41, 5.74) is 0.361. The number of benzene rings is 2. The van der Waals surface area contributed by atoms with E-state index in [1.165, 1.54) is 11.0 Å². The number of anilines is 1. The van der Waals surface area contributed by atoms with Gasteiger partial charge in [0.25, 0.3) is 5.91 Å². The fourth-order valence-corrected chi connectivity index (χ4v) is 3.97. The molecule has 32 heavy (non-hydrogen) atoms. The third-order valence-electron chi connectivity index (χ3n) is 4.73. The standard InChI is InChI=1S/C19H18Cl2F3N3O4S/c20-14-3-1-2-13(17(14)21)11-26-6-8-27(9-7-26)18(28)12-4-5-15(25-32(29)30)16(10-12)31-19(22,23)24/h1-5,10,25H,6-9,11H2,(H,29,30)/p-1. The highest BCUT2D eigenvalue weighted by Crippen LogP contribution is 2.32. The maximum absolute atomic E-state index is 12.8. The van der Waals surface area contributed by atoms with E-state index in [1.54, 1.807) is 12.1 Å². The van der Waals surface area contributed by atoms with Crippen molar-refractivity contribution in [3.8, 4) is 5.75 Å². The minimum atomic E-state index is -5.06. The zero-order valence-corrected chi connectivity index (χ0v) is 18.7. The van der Waals surface area contributed by atoms with Crippen molar-refractivity contribution in [2.45, 2.75) is 12.9 Å². The summed E-state index contributed by atoms with van der Waals surface area (Å²) in [5, 5.41) is 0.922. The Morgan fingerprint density at radius 3 is 2.47 bits per heavy atom. The van der Waals surface area contributed by atoms with E-state index in [4.69, 9.17) is 23.2 Å². The van der Waals surface area contributed by atoms with E-state index >= 15 is 0 Å². The Balaban J connectivity index is 1.68. The molecule has 13 heteroatoms. The first kappa shape index (κ1) is 24.6. The largest absolute Gasteiger partial charge is 0.755 e. The Labute approximate surface area is 194 Å². The maximum atomic E-state index is 12.8. The summed E-state index contributed by atoms with van der Waals surface area (Å²) < 4.78 is 65.4. The summed E-state index contributed by atoms with van der Waals surface area (Å²) in [6.07, 6.45) is -5.06. The van der Waals surface area contributed by atoms with Gasteiger partial charge >= 0.3 is 6.36 Å². The number of piperazine rings is 1. The van der Waals surface area contributed by atoms with Crippen LogP contribution in [-0.2, 0) is 17.8 Å². The number of amides is 1. The molecule has 1 fully saturated rings. The van der Waals surface area contributed by atoms with Crippen LogP contribution in [0.4, 0.5) is 18.9 Å². The van der Waals surface area contributed by atoms with E-state index in [9.17, 15) is 26.7 Å². The second kappa shape index (κ2) is 10.3. The number of alkyl halides is 3. The lowest BCUT2D eigenvalue weighted by molar-refractivity contribution is -0.274. The summed E-state index contributed by atoms with van der Waals surface area (Å²) in [6.45, 7) is 2.27. The highest BCUT2D eigenvalue weighted by Gasteiger charge is 2.33. The first-order valence-electron chi connectivity index (χ1n) is 9.24.